The van der Waals surface area contributed by atoms with Gasteiger partial charge in [-0.1, -0.05) is 42.5 Å². The lowest BCUT2D eigenvalue weighted by Crippen LogP contribution is -2.19. The number of hydrogen-bond acceptors (Lipinski definition) is 6. The number of rotatable bonds is 6. The second kappa shape index (κ2) is 9.67. The van der Waals surface area contributed by atoms with Crippen molar-refractivity contribution in [2.45, 2.75) is 13.0 Å². The minimum atomic E-state index is -1.05. The Morgan fingerprint density at radius 3 is 2.56 bits per heavy atom. The van der Waals surface area contributed by atoms with Crippen LogP contribution in [0, 0.1) is 11.3 Å². The van der Waals surface area contributed by atoms with Crippen molar-refractivity contribution in [1.82, 2.24) is 9.97 Å². The maximum absolute atomic E-state index is 12.4. The number of benzene rings is 2. The van der Waals surface area contributed by atoms with E-state index in [2.05, 4.69) is 20.6 Å². The third-order valence-corrected chi connectivity index (χ3v) is 4.97. The first-order valence-electron chi connectivity index (χ1n) is 10.3. The van der Waals surface area contributed by atoms with Crippen molar-refractivity contribution < 1.29 is 19.1 Å². The van der Waals surface area contributed by atoms with Crippen molar-refractivity contribution >= 4 is 40.2 Å². The number of H-pyrrole nitrogens is 1. The van der Waals surface area contributed by atoms with E-state index >= 15 is 0 Å². The molecule has 9 nitrogen and oxygen atoms in total. The maximum atomic E-state index is 12.4. The second-order valence-electron chi connectivity index (χ2n) is 7.36. The Kier molecular flexibility index (Phi) is 6.32. The van der Waals surface area contributed by atoms with Crippen LogP contribution in [0.25, 0.3) is 22.2 Å². The van der Waals surface area contributed by atoms with Crippen LogP contribution < -0.4 is 10.6 Å². The van der Waals surface area contributed by atoms with Gasteiger partial charge in [0, 0.05) is 35.3 Å². The molecule has 0 spiro atoms. The van der Waals surface area contributed by atoms with Gasteiger partial charge in [-0.2, -0.15) is 5.26 Å². The number of ketones is 1. The predicted molar refractivity (Wildman–Crippen MR) is 126 cm³/mol. The fourth-order valence-corrected chi connectivity index (χ4v) is 3.35. The molecule has 9 heteroatoms. The minimum Gasteiger partial charge on any atom is -0.426 e. The van der Waals surface area contributed by atoms with Crippen molar-refractivity contribution in [1.29, 1.82) is 5.26 Å². The van der Waals surface area contributed by atoms with Gasteiger partial charge in [-0.3, -0.25) is 14.9 Å². The van der Waals surface area contributed by atoms with E-state index < -0.39 is 23.9 Å². The first-order chi connectivity index (χ1) is 16.4. The average molecular weight is 453 g/mol. The molecule has 0 saturated heterocycles. The number of nitrogens with one attached hydrogen (secondary N) is 3. The number of anilines is 2. The topological polar surface area (TPSA) is 137 Å². The quantitative estimate of drug-likeness (QED) is 0.366. The number of ether oxygens (including phenoxy) is 1. The summed E-state index contributed by atoms with van der Waals surface area (Å²) in [7, 11) is 0. The van der Waals surface area contributed by atoms with Gasteiger partial charge in [-0.05, 0) is 23.8 Å². The van der Waals surface area contributed by atoms with E-state index in [1.807, 2.05) is 12.1 Å². The summed E-state index contributed by atoms with van der Waals surface area (Å²) in [5, 5.41) is 15.2. The second-order valence-corrected chi connectivity index (χ2v) is 7.36. The zero-order valence-corrected chi connectivity index (χ0v) is 18.0. The van der Waals surface area contributed by atoms with Gasteiger partial charge < -0.3 is 15.0 Å². The Hall–Kier alpha value is -4.97. The molecule has 2 heterocycles. The normalized spacial score (nSPS) is 11.3. The average Bonchev–Trinajstić information content (AvgIpc) is 3.26. The Labute approximate surface area is 194 Å². The van der Waals surface area contributed by atoms with Gasteiger partial charge >= 0.3 is 6.09 Å². The van der Waals surface area contributed by atoms with Gasteiger partial charge in [-0.25, -0.2) is 9.78 Å². The standard InChI is InChI=1S/C25H19N5O4/c1-15(31)24(32)29-18-9-5-8-17(10-18)21-14-28-23-20(21)11-19(13-27-23)30-25(33)34-22(12-26)16-6-3-2-4-7-16/h2-11,13-14,22H,1H3,(H,27,28)(H,29,32)(H,30,33). The van der Waals surface area contributed by atoms with E-state index in [4.69, 9.17) is 4.74 Å². The molecule has 1 unspecified atom stereocenters. The molecule has 168 valence electrons. The Morgan fingerprint density at radius 2 is 1.82 bits per heavy atom. The van der Waals surface area contributed by atoms with Gasteiger partial charge in [0.1, 0.15) is 11.7 Å². The fraction of sp³-hybridized carbons (Fsp3) is 0.0800. The number of nitriles is 1. The molecule has 0 radical (unpaired) electrons. The SMILES string of the molecule is CC(=O)C(=O)Nc1cccc(-c2c[nH]c3ncc(NC(=O)OC(C#N)c4ccccc4)cc23)c1. The van der Waals surface area contributed by atoms with Gasteiger partial charge in [-0.15, -0.1) is 0 Å². The highest BCUT2D eigenvalue weighted by Crippen LogP contribution is 2.31. The number of nitrogens with zero attached hydrogens (tertiary/aromatic N) is 2. The van der Waals surface area contributed by atoms with Gasteiger partial charge in [0.25, 0.3) is 5.91 Å². The van der Waals surface area contributed by atoms with Crippen LogP contribution in [-0.4, -0.2) is 27.8 Å². The van der Waals surface area contributed by atoms with Gasteiger partial charge in [0.15, 0.2) is 0 Å². The number of fused-ring (bicyclic) bond motifs is 1. The molecule has 0 aliphatic carbocycles. The van der Waals surface area contributed by atoms with Crippen LogP contribution in [0.4, 0.5) is 16.2 Å². The number of Topliss-reactive ketones (excluding diaryl/α,β-unsaturated/α-hetero) is 1. The number of pyridine rings is 1. The van der Waals surface area contributed by atoms with E-state index in [1.165, 1.54) is 13.1 Å². The third-order valence-electron chi connectivity index (χ3n) is 4.97. The van der Waals surface area contributed by atoms with Crippen LogP contribution in [0.1, 0.15) is 18.6 Å². The first-order valence-corrected chi connectivity index (χ1v) is 10.3. The van der Waals surface area contributed by atoms with E-state index in [9.17, 15) is 19.6 Å². The van der Waals surface area contributed by atoms with Crippen molar-refractivity contribution in [2.24, 2.45) is 0 Å². The molecule has 2 amide bonds. The highest BCUT2D eigenvalue weighted by molar-refractivity contribution is 6.39. The zero-order chi connectivity index (χ0) is 24.1. The van der Waals surface area contributed by atoms with Crippen LogP contribution >= 0.6 is 0 Å². The molecule has 0 aliphatic heterocycles. The molecule has 0 fully saturated rings. The fourth-order valence-electron chi connectivity index (χ4n) is 3.35. The van der Waals surface area contributed by atoms with E-state index in [0.29, 0.717) is 28.0 Å². The summed E-state index contributed by atoms with van der Waals surface area (Å²) in [6.45, 7) is 1.20. The Morgan fingerprint density at radius 1 is 1.03 bits per heavy atom. The molecular formula is C25H19N5O4. The van der Waals surface area contributed by atoms with Crippen LogP contribution in [0.2, 0.25) is 0 Å². The molecule has 4 aromatic rings. The summed E-state index contributed by atoms with van der Waals surface area (Å²) in [4.78, 5) is 42.7. The predicted octanol–water partition coefficient (Wildman–Crippen LogP) is 4.57. The number of amides is 2. The monoisotopic (exact) mass is 453 g/mol. The van der Waals surface area contributed by atoms with Crippen LogP contribution in [0.15, 0.2) is 73.1 Å². The lowest BCUT2D eigenvalue weighted by molar-refractivity contribution is -0.133. The minimum absolute atomic E-state index is 0.379. The Balaban J connectivity index is 1.55. The molecule has 0 bridgehead atoms. The van der Waals surface area contributed by atoms with E-state index in [1.54, 1.807) is 60.8 Å². The molecular weight excluding hydrogens is 434 g/mol. The van der Waals surface area contributed by atoms with Gasteiger partial charge in [0.2, 0.25) is 11.9 Å². The summed E-state index contributed by atoms with van der Waals surface area (Å²) < 4.78 is 5.26. The Bertz CT molecular complexity index is 1420. The van der Waals surface area contributed by atoms with Crippen LogP contribution in [0.3, 0.4) is 0 Å². The third kappa shape index (κ3) is 4.92. The van der Waals surface area contributed by atoms with Gasteiger partial charge in [0.05, 0.1) is 11.9 Å². The molecule has 0 aliphatic rings. The lowest BCUT2D eigenvalue weighted by Gasteiger charge is -2.12. The summed E-state index contributed by atoms with van der Waals surface area (Å²) in [5.41, 5.74) is 3.55. The molecule has 4 rings (SSSR count). The number of carbonyl (C=O) groups excluding carboxylic acids is 3. The number of aromatic nitrogens is 2. The largest absolute Gasteiger partial charge is 0.426 e. The van der Waals surface area contributed by atoms with Crippen molar-refractivity contribution in [2.75, 3.05) is 10.6 Å². The number of carbonyl (C=O) groups is 3. The van der Waals surface area contributed by atoms with E-state index in [0.717, 1.165) is 11.1 Å². The van der Waals surface area contributed by atoms with Crippen molar-refractivity contribution in [3.63, 3.8) is 0 Å². The smallest absolute Gasteiger partial charge is 0.413 e. The van der Waals surface area contributed by atoms with Crippen molar-refractivity contribution in [3.8, 4) is 17.2 Å². The maximum Gasteiger partial charge on any atom is 0.413 e. The van der Waals surface area contributed by atoms with Crippen LogP contribution in [0.5, 0.6) is 0 Å². The lowest BCUT2D eigenvalue weighted by atomic mass is 10.0. The molecule has 1 atom stereocenters. The summed E-state index contributed by atoms with van der Waals surface area (Å²) in [6.07, 6.45) is 1.39. The molecule has 0 saturated carbocycles. The first kappa shape index (κ1) is 22.2. The van der Waals surface area contributed by atoms with Crippen molar-refractivity contribution in [3.05, 3.63) is 78.6 Å². The zero-order valence-electron chi connectivity index (χ0n) is 18.0. The molecule has 2 aromatic heterocycles. The summed E-state index contributed by atoms with van der Waals surface area (Å²) in [6, 6.07) is 19.4. The molecule has 34 heavy (non-hydrogen) atoms. The summed E-state index contributed by atoms with van der Waals surface area (Å²) in [5.74, 6) is -1.29. The van der Waals surface area contributed by atoms with E-state index in [-0.39, 0.29) is 0 Å². The summed E-state index contributed by atoms with van der Waals surface area (Å²) >= 11 is 0. The number of aromatic amines is 1. The number of hydrogen-bond donors (Lipinski definition) is 3. The highest BCUT2D eigenvalue weighted by Gasteiger charge is 2.17. The highest BCUT2D eigenvalue weighted by atomic mass is 16.6. The van der Waals surface area contributed by atoms with Crippen LogP contribution in [-0.2, 0) is 14.3 Å². The molecule has 2 aromatic carbocycles. The molecule has 3 N–H and O–H groups in total.